The molecule has 0 heterocycles. The summed E-state index contributed by atoms with van der Waals surface area (Å²) in [4.78, 5) is 6.44. The second-order valence-corrected chi connectivity index (χ2v) is 5.94. The SMILES string of the molecule is CN=C(NCc1ccc(CN(C)C)cc1)NC1CC1C.I. The molecule has 2 N–H and O–H groups in total. The number of hydrogen-bond donors (Lipinski definition) is 2. The molecule has 0 amide bonds. The van der Waals surface area contributed by atoms with E-state index in [9.17, 15) is 0 Å². The van der Waals surface area contributed by atoms with Gasteiger partial charge in [0, 0.05) is 26.2 Å². The average molecular weight is 402 g/mol. The number of nitrogens with zero attached hydrogens (tertiary/aromatic N) is 2. The fourth-order valence-electron chi connectivity index (χ4n) is 2.21. The first-order valence-electron chi connectivity index (χ1n) is 7.28. The van der Waals surface area contributed by atoms with Gasteiger partial charge in [0.2, 0.25) is 0 Å². The molecule has 1 saturated carbocycles. The molecule has 0 spiro atoms. The van der Waals surface area contributed by atoms with E-state index in [0.29, 0.717) is 6.04 Å². The quantitative estimate of drug-likeness (QED) is 0.452. The Balaban J connectivity index is 0.00000220. The summed E-state index contributed by atoms with van der Waals surface area (Å²) in [5.74, 6) is 1.68. The van der Waals surface area contributed by atoms with Crippen molar-refractivity contribution in [3.63, 3.8) is 0 Å². The first-order valence-corrected chi connectivity index (χ1v) is 7.28. The third-order valence-corrected chi connectivity index (χ3v) is 3.64. The van der Waals surface area contributed by atoms with Gasteiger partial charge in [0.15, 0.2) is 5.96 Å². The van der Waals surface area contributed by atoms with Gasteiger partial charge in [-0.1, -0.05) is 31.2 Å². The molecule has 1 aliphatic carbocycles. The van der Waals surface area contributed by atoms with Crippen molar-refractivity contribution in [3.05, 3.63) is 35.4 Å². The molecule has 0 saturated heterocycles. The standard InChI is InChI=1S/C16H26N4.HI/c1-12-9-15(12)19-16(17-2)18-10-13-5-7-14(8-6-13)11-20(3)4;/h5-8,12,15H,9-11H2,1-4H3,(H2,17,18,19);1H. The van der Waals surface area contributed by atoms with Gasteiger partial charge in [-0.2, -0.15) is 0 Å². The van der Waals surface area contributed by atoms with Crippen molar-refractivity contribution in [2.75, 3.05) is 21.1 Å². The number of aliphatic imine (C=N–C) groups is 1. The van der Waals surface area contributed by atoms with Gasteiger partial charge >= 0.3 is 0 Å². The van der Waals surface area contributed by atoms with Gasteiger partial charge in [0.25, 0.3) is 0 Å². The fraction of sp³-hybridized carbons (Fsp3) is 0.562. The van der Waals surface area contributed by atoms with E-state index >= 15 is 0 Å². The van der Waals surface area contributed by atoms with Gasteiger partial charge < -0.3 is 15.5 Å². The van der Waals surface area contributed by atoms with Crippen LogP contribution in [-0.4, -0.2) is 38.0 Å². The van der Waals surface area contributed by atoms with Crippen molar-refractivity contribution in [1.29, 1.82) is 0 Å². The van der Waals surface area contributed by atoms with Crippen LogP contribution in [-0.2, 0) is 13.1 Å². The van der Waals surface area contributed by atoms with Crippen molar-refractivity contribution in [1.82, 2.24) is 15.5 Å². The van der Waals surface area contributed by atoms with Gasteiger partial charge in [-0.05, 0) is 37.6 Å². The zero-order chi connectivity index (χ0) is 14.5. The highest BCUT2D eigenvalue weighted by molar-refractivity contribution is 14.0. The lowest BCUT2D eigenvalue weighted by Crippen LogP contribution is -2.38. The fourth-order valence-corrected chi connectivity index (χ4v) is 2.21. The van der Waals surface area contributed by atoms with Gasteiger partial charge in [-0.15, -0.1) is 24.0 Å². The van der Waals surface area contributed by atoms with Crippen LogP contribution in [0, 0.1) is 5.92 Å². The topological polar surface area (TPSA) is 39.7 Å². The number of benzene rings is 1. The average Bonchev–Trinajstić information content (AvgIpc) is 3.11. The number of rotatable bonds is 5. The van der Waals surface area contributed by atoms with E-state index in [-0.39, 0.29) is 24.0 Å². The minimum atomic E-state index is 0. The lowest BCUT2D eigenvalue weighted by Gasteiger charge is -2.13. The molecule has 0 aromatic heterocycles. The Hall–Kier alpha value is -0.820. The molecule has 0 bridgehead atoms. The predicted octanol–water partition coefficient (Wildman–Crippen LogP) is 2.44. The maximum Gasteiger partial charge on any atom is 0.191 e. The van der Waals surface area contributed by atoms with E-state index in [2.05, 4.69) is 65.8 Å². The summed E-state index contributed by atoms with van der Waals surface area (Å²) in [6.45, 7) is 4.05. The van der Waals surface area contributed by atoms with E-state index in [1.807, 2.05) is 7.05 Å². The van der Waals surface area contributed by atoms with Crippen LogP contribution in [0.4, 0.5) is 0 Å². The molecule has 1 aromatic rings. The summed E-state index contributed by atoms with van der Waals surface area (Å²) in [6, 6.07) is 9.34. The first-order chi connectivity index (χ1) is 9.58. The molecular formula is C16H27IN4. The molecule has 5 heteroatoms. The summed E-state index contributed by atoms with van der Waals surface area (Å²) in [6.07, 6.45) is 1.25. The molecular weight excluding hydrogens is 375 g/mol. The van der Waals surface area contributed by atoms with Gasteiger partial charge in [0.1, 0.15) is 0 Å². The molecule has 4 nitrogen and oxygen atoms in total. The predicted molar refractivity (Wildman–Crippen MR) is 100 cm³/mol. The van der Waals surface area contributed by atoms with Crippen molar-refractivity contribution in [2.24, 2.45) is 10.9 Å². The van der Waals surface area contributed by atoms with Crippen LogP contribution >= 0.6 is 24.0 Å². The van der Waals surface area contributed by atoms with E-state index < -0.39 is 0 Å². The normalized spacial score (nSPS) is 20.9. The van der Waals surface area contributed by atoms with Crippen LogP contribution in [0.3, 0.4) is 0 Å². The third kappa shape index (κ3) is 6.22. The molecule has 2 unspecified atom stereocenters. The molecule has 2 atom stereocenters. The number of halogens is 1. The van der Waals surface area contributed by atoms with Crippen molar-refractivity contribution in [2.45, 2.75) is 32.5 Å². The molecule has 21 heavy (non-hydrogen) atoms. The molecule has 0 radical (unpaired) electrons. The Kier molecular flexibility index (Phi) is 7.45. The Morgan fingerprint density at radius 2 is 1.81 bits per heavy atom. The molecule has 0 aliphatic heterocycles. The van der Waals surface area contributed by atoms with Crippen LogP contribution in [0.5, 0.6) is 0 Å². The van der Waals surface area contributed by atoms with Crippen LogP contribution in [0.15, 0.2) is 29.3 Å². The van der Waals surface area contributed by atoms with Crippen molar-refractivity contribution < 1.29 is 0 Å². The van der Waals surface area contributed by atoms with Crippen LogP contribution < -0.4 is 10.6 Å². The highest BCUT2D eigenvalue weighted by atomic mass is 127. The lowest BCUT2D eigenvalue weighted by atomic mass is 10.1. The smallest absolute Gasteiger partial charge is 0.191 e. The van der Waals surface area contributed by atoms with E-state index in [4.69, 9.17) is 0 Å². The van der Waals surface area contributed by atoms with Gasteiger partial charge in [0.05, 0.1) is 0 Å². The molecule has 2 rings (SSSR count). The highest BCUT2D eigenvalue weighted by Crippen LogP contribution is 2.28. The third-order valence-electron chi connectivity index (χ3n) is 3.64. The van der Waals surface area contributed by atoms with E-state index in [1.54, 1.807) is 0 Å². The maximum absolute atomic E-state index is 4.26. The molecule has 1 aliphatic rings. The monoisotopic (exact) mass is 402 g/mol. The summed E-state index contributed by atoms with van der Waals surface area (Å²) >= 11 is 0. The highest BCUT2D eigenvalue weighted by Gasteiger charge is 2.33. The zero-order valence-electron chi connectivity index (χ0n) is 13.4. The summed E-state index contributed by atoms with van der Waals surface area (Å²) in [5, 5.41) is 6.80. The van der Waals surface area contributed by atoms with Crippen LogP contribution in [0.25, 0.3) is 0 Å². The maximum atomic E-state index is 4.26. The zero-order valence-corrected chi connectivity index (χ0v) is 15.7. The number of nitrogens with one attached hydrogen (secondary N) is 2. The Bertz CT molecular complexity index is 456. The van der Waals surface area contributed by atoms with Crippen molar-refractivity contribution >= 4 is 29.9 Å². The molecule has 1 fully saturated rings. The van der Waals surface area contributed by atoms with E-state index in [0.717, 1.165) is 25.0 Å². The summed E-state index contributed by atoms with van der Waals surface area (Å²) < 4.78 is 0. The number of guanidine groups is 1. The lowest BCUT2D eigenvalue weighted by molar-refractivity contribution is 0.402. The summed E-state index contributed by atoms with van der Waals surface area (Å²) in [5.41, 5.74) is 2.62. The van der Waals surface area contributed by atoms with E-state index in [1.165, 1.54) is 17.5 Å². The molecule has 118 valence electrons. The largest absolute Gasteiger partial charge is 0.353 e. The van der Waals surface area contributed by atoms with Gasteiger partial charge in [-0.25, -0.2) is 0 Å². The Morgan fingerprint density at radius 3 is 2.29 bits per heavy atom. The van der Waals surface area contributed by atoms with Crippen LogP contribution in [0.2, 0.25) is 0 Å². The summed E-state index contributed by atoms with van der Waals surface area (Å²) in [7, 11) is 6.00. The minimum Gasteiger partial charge on any atom is -0.353 e. The first kappa shape index (κ1) is 18.2. The Morgan fingerprint density at radius 1 is 1.24 bits per heavy atom. The number of hydrogen-bond acceptors (Lipinski definition) is 2. The minimum absolute atomic E-state index is 0. The molecule has 1 aromatic carbocycles. The second-order valence-electron chi connectivity index (χ2n) is 5.94. The van der Waals surface area contributed by atoms with Gasteiger partial charge in [-0.3, -0.25) is 4.99 Å². The Labute approximate surface area is 145 Å². The van der Waals surface area contributed by atoms with Crippen LogP contribution in [0.1, 0.15) is 24.5 Å². The van der Waals surface area contributed by atoms with Crippen molar-refractivity contribution in [3.8, 4) is 0 Å². The second kappa shape index (κ2) is 8.58.